The third kappa shape index (κ3) is 4.11. The molecule has 3 aromatic carbocycles. The first-order chi connectivity index (χ1) is 13.3. The molecule has 4 aromatic rings. The minimum absolute atomic E-state index is 0. The average Bonchev–Trinajstić information content (AvgIpc) is 3.05. The van der Waals surface area contributed by atoms with Crippen LogP contribution >= 0.6 is 11.3 Å². The summed E-state index contributed by atoms with van der Waals surface area (Å²) in [5.74, 6) is 0.854. The van der Waals surface area contributed by atoms with Crippen molar-refractivity contribution in [3.8, 4) is 22.7 Å². The van der Waals surface area contributed by atoms with Crippen LogP contribution in [0.1, 0.15) is 4.88 Å². The van der Waals surface area contributed by atoms with Crippen molar-refractivity contribution in [1.29, 1.82) is 0 Å². The summed E-state index contributed by atoms with van der Waals surface area (Å²) in [5.41, 5.74) is 4.35. The Morgan fingerprint density at radius 2 is 1.43 bits per heavy atom. The van der Waals surface area contributed by atoms with Crippen LogP contribution in [0.3, 0.4) is 0 Å². The number of ether oxygens (including phenoxy) is 1. The Kier molecular flexibility index (Phi) is 6.49. The van der Waals surface area contributed by atoms with Crippen LogP contribution in [0.25, 0.3) is 16.9 Å². The molecule has 142 valence electrons. The Labute approximate surface area is 179 Å². The normalized spacial score (nSPS) is 11.1. The molecule has 0 unspecified atom stereocenters. The monoisotopic (exact) mass is 451 g/mol. The molecule has 0 amide bonds. The van der Waals surface area contributed by atoms with Gasteiger partial charge in [-0.05, 0) is 61.0 Å². The molecule has 4 rings (SSSR count). The molecular formula is C23H20BrN2OS-. The molecule has 0 saturated heterocycles. The highest BCUT2D eigenvalue weighted by Gasteiger charge is 2.14. The second-order valence-electron chi connectivity index (χ2n) is 6.14. The molecule has 5 heteroatoms. The topological polar surface area (TPSA) is 26.5 Å². The molecular weight excluding hydrogens is 432 g/mol. The molecule has 28 heavy (non-hydrogen) atoms. The quantitative estimate of drug-likeness (QED) is 0.468. The van der Waals surface area contributed by atoms with E-state index in [0.717, 1.165) is 33.2 Å². The molecule has 0 N–H and O–H groups in total. The Hall–Kier alpha value is -2.63. The van der Waals surface area contributed by atoms with Crippen molar-refractivity contribution < 1.29 is 21.7 Å². The zero-order valence-electron chi connectivity index (χ0n) is 15.7. The molecule has 0 aliphatic carbocycles. The van der Waals surface area contributed by atoms with E-state index in [1.54, 1.807) is 18.4 Å². The van der Waals surface area contributed by atoms with Crippen molar-refractivity contribution in [2.75, 3.05) is 7.11 Å². The number of methoxy groups -OCH3 is 1. The van der Waals surface area contributed by atoms with Crippen molar-refractivity contribution >= 4 is 17.0 Å². The molecule has 0 bridgehead atoms. The molecule has 0 radical (unpaired) electrons. The van der Waals surface area contributed by atoms with Crippen LogP contribution in [-0.2, 0) is 0 Å². The number of halogens is 1. The smallest absolute Gasteiger partial charge is 0.195 e. The highest BCUT2D eigenvalue weighted by Crippen LogP contribution is 2.29. The van der Waals surface area contributed by atoms with Gasteiger partial charge < -0.3 is 21.7 Å². The van der Waals surface area contributed by atoms with Gasteiger partial charge in [0.15, 0.2) is 4.80 Å². The lowest BCUT2D eigenvalue weighted by molar-refractivity contribution is -0.00000567. The Balaban J connectivity index is 0.00000225. The zero-order chi connectivity index (χ0) is 18.6. The maximum atomic E-state index is 5.31. The van der Waals surface area contributed by atoms with Gasteiger partial charge in [-0.25, -0.2) is 4.99 Å². The standard InChI is InChI=1S/C23H20N2OS.BrH/c1-17-22(18-13-15-21(26-2)16-14-18)25(20-11-7-4-8-12-20)23(27-17)24-19-9-5-3-6-10-19;/h3-16H,1-2H3;1H/p-1. The van der Waals surface area contributed by atoms with E-state index in [1.807, 2.05) is 48.5 Å². The van der Waals surface area contributed by atoms with Gasteiger partial charge in [0.2, 0.25) is 0 Å². The number of aromatic nitrogens is 1. The first kappa shape index (κ1) is 20.1. The van der Waals surface area contributed by atoms with E-state index in [0.29, 0.717) is 0 Å². The number of para-hydroxylation sites is 2. The first-order valence-electron chi connectivity index (χ1n) is 8.78. The van der Waals surface area contributed by atoms with Gasteiger partial charge in [-0.15, -0.1) is 11.3 Å². The summed E-state index contributed by atoms with van der Waals surface area (Å²) in [6.07, 6.45) is 0. The predicted octanol–water partition coefficient (Wildman–Crippen LogP) is 2.76. The van der Waals surface area contributed by atoms with Crippen LogP contribution in [0, 0.1) is 6.92 Å². The Morgan fingerprint density at radius 1 is 0.821 bits per heavy atom. The van der Waals surface area contributed by atoms with Crippen LogP contribution in [0.15, 0.2) is 89.9 Å². The Morgan fingerprint density at radius 3 is 2.04 bits per heavy atom. The summed E-state index contributed by atoms with van der Waals surface area (Å²) in [6.45, 7) is 2.15. The molecule has 0 aliphatic rings. The van der Waals surface area contributed by atoms with Crippen molar-refractivity contribution in [3.63, 3.8) is 0 Å². The van der Waals surface area contributed by atoms with Gasteiger partial charge >= 0.3 is 0 Å². The molecule has 1 aromatic heterocycles. The van der Waals surface area contributed by atoms with Crippen molar-refractivity contribution in [2.24, 2.45) is 4.99 Å². The van der Waals surface area contributed by atoms with Crippen molar-refractivity contribution in [2.45, 2.75) is 6.92 Å². The second kappa shape index (κ2) is 9.04. The number of hydrogen-bond acceptors (Lipinski definition) is 3. The highest BCUT2D eigenvalue weighted by atomic mass is 79.9. The van der Waals surface area contributed by atoms with Gasteiger partial charge in [-0.3, -0.25) is 4.57 Å². The lowest BCUT2D eigenvalue weighted by Gasteiger charge is -2.11. The third-order valence-corrected chi connectivity index (χ3v) is 5.31. The van der Waals surface area contributed by atoms with E-state index in [1.165, 1.54) is 4.88 Å². The van der Waals surface area contributed by atoms with Crippen LogP contribution in [0.2, 0.25) is 0 Å². The van der Waals surface area contributed by atoms with Gasteiger partial charge in [0.05, 0.1) is 18.5 Å². The van der Waals surface area contributed by atoms with Gasteiger partial charge in [-0.1, -0.05) is 36.4 Å². The van der Waals surface area contributed by atoms with E-state index in [9.17, 15) is 0 Å². The highest BCUT2D eigenvalue weighted by molar-refractivity contribution is 7.09. The van der Waals surface area contributed by atoms with Crippen molar-refractivity contribution in [1.82, 2.24) is 4.57 Å². The van der Waals surface area contributed by atoms with Gasteiger partial charge in [0.25, 0.3) is 0 Å². The van der Waals surface area contributed by atoms with Gasteiger partial charge in [-0.2, -0.15) is 0 Å². The lowest BCUT2D eigenvalue weighted by Crippen LogP contribution is -3.00. The Bertz CT molecular complexity index is 1100. The number of benzene rings is 3. The molecule has 0 fully saturated rings. The number of aryl methyl sites for hydroxylation is 1. The largest absolute Gasteiger partial charge is 1.00 e. The maximum absolute atomic E-state index is 5.31. The summed E-state index contributed by atoms with van der Waals surface area (Å²) in [6, 6.07) is 28.6. The van der Waals surface area contributed by atoms with Crippen LogP contribution in [0.5, 0.6) is 5.75 Å². The summed E-state index contributed by atoms with van der Waals surface area (Å²) < 4.78 is 7.54. The number of hydrogen-bond donors (Lipinski definition) is 0. The van der Waals surface area contributed by atoms with Gasteiger partial charge in [0.1, 0.15) is 5.75 Å². The summed E-state index contributed by atoms with van der Waals surface area (Å²) >= 11 is 1.70. The van der Waals surface area contributed by atoms with Gasteiger partial charge in [0, 0.05) is 10.6 Å². The number of thiazole rings is 1. The van der Waals surface area contributed by atoms with E-state index < -0.39 is 0 Å². The predicted molar refractivity (Wildman–Crippen MR) is 112 cm³/mol. The molecule has 1 heterocycles. The molecule has 3 nitrogen and oxygen atoms in total. The number of rotatable bonds is 4. The van der Waals surface area contributed by atoms with Crippen LogP contribution < -0.4 is 26.5 Å². The molecule has 0 aliphatic heterocycles. The molecule has 0 atom stereocenters. The average molecular weight is 452 g/mol. The van der Waals surface area contributed by atoms with E-state index in [4.69, 9.17) is 9.73 Å². The summed E-state index contributed by atoms with van der Waals surface area (Å²) in [7, 11) is 1.69. The van der Waals surface area contributed by atoms with Crippen LogP contribution in [-0.4, -0.2) is 11.7 Å². The van der Waals surface area contributed by atoms with E-state index in [-0.39, 0.29) is 17.0 Å². The SMILES string of the molecule is COc1ccc(-c2c(C)sc(=Nc3ccccc3)n2-c2ccccc2)cc1.[Br-]. The minimum Gasteiger partial charge on any atom is -1.00 e. The summed E-state index contributed by atoms with van der Waals surface area (Å²) in [5, 5.41) is 0. The fourth-order valence-corrected chi connectivity index (χ4v) is 4.09. The fraction of sp³-hybridized carbons (Fsp3) is 0.0870. The van der Waals surface area contributed by atoms with E-state index >= 15 is 0 Å². The minimum atomic E-state index is 0. The summed E-state index contributed by atoms with van der Waals surface area (Å²) in [4.78, 5) is 7.09. The zero-order valence-corrected chi connectivity index (χ0v) is 18.1. The fourth-order valence-electron chi connectivity index (χ4n) is 3.07. The molecule has 0 spiro atoms. The lowest BCUT2D eigenvalue weighted by atomic mass is 10.1. The first-order valence-corrected chi connectivity index (χ1v) is 9.60. The number of nitrogens with zero attached hydrogens (tertiary/aromatic N) is 2. The van der Waals surface area contributed by atoms with Crippen molar-refractivity contribution in [3.05, 3.63) is 94.6 Å². The van der Waals surface area contributed by atoms with E-state index in [2.05, 4.69) is 47.9 Å². The third-order valence-electron chi connectivity index (χ3n) is 4.35. The molecule has 0 saturated carbocycles. The second-order valence-corrected chi connectivity index (χ2v) is 7.32. The van der Waals surface area contributed by atoms with Crippen LogP contribution in [0.4, 0.5) is 5.69 Å². The maximum Gasteiger partial charge on any atom is 0.195 e.